The lowest BCUT2D eigenvalue weighted by Crippen LogP contribution is -2.17. The molecule has 0 aromatic heterocycles. The fourth-order valence-electron chi connectivity index (χ4n) is 4.86. The summed E-state index contributed by atoms with van der Waals surface area (Å²) in [6.07, 6.45) is 16.3. The number of benzene rings is 2. The molecule has 0 aliphatic carbocycles. The molecule has 238 valence electrons. The van der Waals surface area contributed by atoms with Gasteiger partial charge in [-0.15, -0.1) is 0 Å². The molecule has 0 atom stereocenters. The van der Waals surface area contributed by atoms with Crippen molar-refractivity contribution in [1.29, 1.82) is 0 Å². The standard InChI is InChI=1S/C35H51NO7/c1-3-5-7-9-11-13-15-20-24-41-34(39)36-29-26-30(28-22-18-17-19-23-28)32(31(27-29)33(37)38)43-35(40)42-25-21-16-14-12-10-8-6-4-2/h17-19,22-23,26-27H,3-16,20-21,24-25H2,1-2H3,(H,36,39)(H,37,38). The van der Waals surface area contributed by atoms with E-state index in [1.54, 1.807) is 30.3 Å². The lowest BCUT2D eigenvalue weighted by atomic mass is 10.00. The van der Waals surface area contributed by atoms with Gasteiger partial charge in [0.15, 0.2) is 5.75 Å². The van der Waals surface area contributed by atoms with Crippen molar-refractivity contribution in [2.75, 3.05) is 18.5 Å². The zero-order valence-corrected chi connectivity index (χ0v) is 26.2. The molecule has 0 saturated carbocycles. The van der Waals surface area contributed by atoms with Crippen LogP contribution in [0.1, 0.15) is 127 Å². The molecule has 8 nitrogen and oxygen atoms in total. The molecule has 8 heteroatoms. The van der Waals surface area contributed by atoms with Gasteiger partial charge in [-0.1, -0.05) is 134 Å². The highest BCUT2D eigenvalue weighted by Gasteiger charge is 2.23. The molecule has 2 aromatic rings. The van der Waals surface area contributed by atoms with Crippen LogP contribution in [0.5, 0.6) is 5.75 Å². The SMILES string of the molecule is CCCCCCCCCCOC(=O)Nc1cc(C(=O)O)c(OC(=O)OCCCCCCCCCC)c(-c2ccccc2)c1. The number of carbonyl (C=O) groups excluding carboxylic acids is 2. The maximum atomic E-state index is 12.6. The van der Waals surface area contributed by atoms with E-state index < -0.39 is 18.2 Å². The van der Waals surface area contributed by atoms with E-state index in [2.05, 4.69) is 19.2 Å². The number of anilines is 1. The summed E-state index contributed by atoms with van der Waals surface area (Å²) in [5.74, 6) is -1.45. The molecule has 0 bridgehead atoms. The first-order valence-electron chi connectivity index (χ1n) is 16.2. The average Bonchev–Trinajstić information content (AvgIpc) is 3.00. The number of carbonyl (C=O) groups is 3. The third-order valence-corrected chi connectivity index (χ3v) is 7.28. The van der Waals surface area contributed by atoms with Crippen molar-refractivity contribution in [2.45, 2.75) is 117 Å². The van der Waals surface area contributed by atoms with Gasteiger partial charge in [0, 0.05) is 11.3 Å². The van der Waals surface area contributed by atoms with Crippen molar-refractivity contribution in [3.63, 3.8) is 0 Å². The first-order chi connectivity index (χ1) is 21.0. The van der Waals surface area contributed by atoms with Crippen LogP contribution in [0.2, 0.25) is 0 Å². The Morgan fingerprint density at radius 3 is 1.72 bits per heavy atom. The van der Waals surface area contributed by atoms with Gasteiger partial charge in [0.1, 0.15) is 5.56 Å². The summed E-state index contributed by atoms with van der Waals surface area (Å²) in [7, 11) is 0. The van der Waals surface area contributed by atoms with Crippen LogP contribution in [-0.2, 0) is 9.47 Å². The second kappa shape index (κ2) is 22.1. The smallest absolute Gasteiger partial charge is 0.478 e. The molecule has 0 spiro atoms. The Kier molecular flexibility index (Phi) is 18.3. The van der Waals surface area contributed by atoms with Crippen molar-refractivity contribution in [3.8, 4) is 16.9 Å². The van der Waals surface area contributed by atoms with Gasteiger partial charge in [-0.3, -0.25) is 5.32 Å². The summed E-state index contributed by atoms with van der Waals surface area (Å²) in [5, 5.41) is 12.6. The molecule has 0 heterocycles. The fourth-order valence-corrected chi connectivity index (χ4v) is 4.86. The summed E-state index contributed by atoms with van der Waals surface area (Å²) in [4.78, 5) is 37.3. The predicted molar refractivity (Wildman–Crippen MR) is 171 cm³/mol. The molecule has 2 N–H and O–H groups in total. The normalized spacial score (nSPS) is 10.7. The second-order valence-electron chi connectivity index (χ2n) is 11.0. The Bertz CT molecular complexity index is 1090. The highest BCUT2D eigenvalue weighted by molar-refractivity contribution is 5.99. The Morgan fingerprint density at radius 2 is 1.19 bits per heavy atom. The number of carboxylic acid groups (broad SMARTS) is 1. The average molecular weight is 598 g/mol. The number of ether oxygens (including phenoxy) is 3. The first-order valence-corrected chi connectivity index (χ1v) is 16.2. The molecule has 43 heavy (non-hydrogen) atoms. The van der Waals surface area contributed by atoms with Crippen molar-refractivity contribution in [2.24, 2.45) is 0 Å². The number of amides is 1. The van der Waals surface area contributed by atoms with E-state index in [0.717, 1.165) is 32.1 Å². The number of carboxylic acids is 1. The summed E-state index contributed by atoms with van der Waals surface area (Å²) < 4.78 is 16.1. The van der Waals surface area contributed by atoms with Crippen molar-refractivity contribution < 1.29 is 33.7 Å². The third-order valence-electron chi connectivity index (χ3n) is 7.28. The topological polar surface area (TPSA) is 111 Å². The minimum absolute atomic E-state index is 0.141. The van der Waals surface area contributed by atoms with Gasteiger partial charge in [0.25, 0.3) is 0 Å². The maximum Gasteiger partial charge on any atom is 0.513 e. The number of unbranched alkanes of at least 4 members (excludes halogenated alkanes) is 14. The van der Waals surface area contributed by atoms with Crippen LogP contribution < -0.4 is 10.1 Å². The number of hydrogen-bond acceptors (Lipinski definition) is 6. The number of rotatable bonds is 22. The van der Waals surface area contributed by atoms with Gasteiger partial charge in [-0.05, 0) is 30.5 Å². The molecule has 2 aromatic carbocycles. The number of hydrogen-bond donors (Lipinski definition) is 2. The lowest BCUT2D eigenvalue weighted by Gasteiger charge is -2.16. The number of aromatic carboxylic acids is 1. The highest BCUT2D eigenvalue weighted by atomic mass is 16.7. The van der Waals surface area contributed by atoms with Crippen LogP contribution in [0.3, 0.4) is 0 Å². The zero-order chi connectivity index (χ0) is 31.1. The van der Waals surface area contributed by atoms with Crippen LogP contribution in [0.4, 0.5) is 15.3 Å². The van der Waals surface area contributed by atoms with E-state index in [0.29, 0.717) is 17.5 Å². The largest absolute Gasteiger partial charge is 0.513 e. The van der Waals surface area contributed by atoms with E-state index in [1.165, 1.54) is 70.3 Å². The Labute approximate surface area is 257 Å². The molecular formula is C35H51NO7. The highest BCUT2D eigenvalue weighted by Crippen LogP contribution is 2.37. The molecule has 1 amide bonds. The molecule has 0 unspecified atom stereocenters. The van der Waals surface area contributed by atoms with Crippen LogP contribution in [0.25, 0.3) is 11.1 Å². The van der Waals surface area contributed by atoms with Gasteiger partial charge in [0.05, 0.1) is 13.2 Å². The summed E-state index contributed by atoms with van der Waals surface area (Å²) in [6, 6.07) is 11.8. The van der Waals surface area contributed by atoms with Gasteiger partial charge in [-0.2, -0.15) is 0 Å². The van der Waals surface area contributed by atoms with Crippen LogP contribution in [0.15, 0.2) is 42.5 Å². The fraction of sp³-hybridized carbons (Fsp3) is 0.571. The second-order valence-corrected chi connectivity index (χ2v) is 11.0. The summed E-state index contributed by atoms with van der Waals surface area (Å²) in [5.41, 5.74) is 0.898. The van der Waals surface area contributed by atoms with E-state index >= 15 is 0 Å². The van der Waals surface area contributed by atoms with Gasteiger partial charge >= 0.3 is 18.2 Å². The molecule has 0 radical (unpaired) electrons. The van der Waals surface area contributed by atoms with Crippen molar-refractivity contribution in [3.05, 3.63) is 48.0 Å². The molecule has 0 saturated heterocycles. The Balaban J connectivity index is 1.97. The minimum atomic E-state index is -1.31. The zero-order valence-electron chi connectivity index (χ0n) is 26.2. The van der Waals surface area contributed by atoms with Gasteiger partial charge < -0.3 is 19.3 Å². The Morgan fingerprint density at radius 1 is 0.674 bits per heavy atom. The van der Waals surface area contributed by atoms with Crippen LogP contribution in [-0.4, -0.2) is 36.5 Å². The van der Waals surface area contributed by atoms with E-state index in [4.69, 9.17) is 14.2 Å². The molecule has 0 aliphatic heterocycles. The minimum Gasteiger partial charge on any atom is -0.478 e. The molecule has 0 aliphatic rings. The number of nitrogens with one attached hydrogen (secondary N) is 1. The van der Waals surface area contributed by atoms with Crippen LogP contribution in [0, 0.1) is 0 Å². The summed E-state index contributed by atoms with van der Waals surface area (Å²) >= 11 is 0. The third kappa shape index (κ3) is 15.0. The van der Waals surface area contributed by atoms with Crippen LogP contribution >= 0.6 is 0 Å². The van der Waals surface area contributed by atoms with Crippen molar-refractivity contribution in [1.82, 2.24) is 0 Å². The van der Waals surface area contributed by atoms with Gasteiger partial charge in [0.2, 0.25) is 0 Å². The first kappa shape index (κ1) is 35.6. The molecular weight excluding hydrogens is 546 g/mol. The van der Waals surface area contributed by atoms with E-state index in [1.807, 2.05) is 6.07 Å². The quantitative estimate of drug-likeness (QED) is 0.0789. The molecule has 0 fully saturated rings. The maximum absolute atomic E-state index is 12.6. The molecule has 2 rings (SSSR count). The lowest BCUT2D eigenvalue weighted by molar-refractivity contribution is 0.0689. The van der Waals surface area contributed by atoms with Gasteiger partial charge in [-0.25, -0.2) is 14.4 Å². The van der Waals surface area contributed by atoms with E-state index in [-0.39, 0.29) is 30.2 Å². The predicted octanol–water partition coefficient (Wildman–Crippen LogP) is 10.4. The van der Waals surface area contributed by atoms with Crippen molar-refractivity contribution >= 4 is 23.9 Å². The monoisotopic (exact) mass is 597 g/mol. The Hall–Kier alpha value is -3.55. The van der Waals surface area contributed by atoms with E-state index in [9.17, 15) is 19.5 Å². The summed E-state index contributed by atoms with van der Waals surface area (Å²) in [6.45, 7) is 4.87.